The number of aromatic carboxylic acids is 1. The zero-order valence-corrected chi connectivity index (χ0v) is 9.10. The molecule has 0 radical (unpaired) electrons. The molecule has 3 nitrogen and oxygen atoms in total. The van der Waals surface area contributed by atoms with Crippen molar-refractivity contribution in [3.63, 3.8) is 0 Å². The van der Waals surface area contributed by atoms with Crippen LogP contribution in [0.1, 0.15) is 22.8 Å². The van der Waals surface area contributed by atoms with Gasteiger partial charge in [-0.2, -0.15) is 0 Å². The van der Waals surface area contributed by atoms with E-state index in [9.17, 15) is 4.79 Å². The van der Waals surface area contributed by atoms with E-state index < -0.39 is 5.97 Å². The molecule has 0 aliphatic rings. The zero-order chi connectivity index (χ0) is 11.7. The predicted molar refractivity (Wildman–Crippen MR) is 64.7 cm³/mol. The third-order valence-corrected chi connectivity index (χ3v) is 2.71. The molecule has 82 valence electrons. The highest BCUT2D eigenvalue weighted by atomic mass is 16.4. The van der Waals surface area contributed by atoms with Crippen molar-refractivity contribution in [3.05, 3.63) is 42.1 Å². The summed E-state index contributed by atoms with van der Waals surface area (Å²) in [5, 5.41) is 9.86. The second-order valence-electron chi connectivity index (χ2n) is 3.61. The van der Waals surface area contributed by atoms with Crippen molar-refractivity contribution >= 4 is 22.9 Å². The first-order valence-corrected chi connectivity index (χ1v) is 5.16. The van der Waals surface area contributed by atoms with Crippen LogP contribution in [0.2, 0.25) is 0 Å². The van der Waals surface area contributed by atoms with E-state index in [0.717, 1.165) is 23.0 Å². The Morgan fingerprint density at radius 2 is 2.31 bits per heavy atom. The summed E-state index contributed by atoms with van der Waals surface area (Å²) >= 11 is 0. The number of carboxylic acid groups (broad SMARTS) is 1. The van der Waals surface area contributed by atoms with Gasteiger partial charge in [0.2, 0.25) is 0 Å². The smallest absolute Gasteiger partial charge is 0.337 e. The maximum atomic E-state index is 11.1. The van der Waals surface area contributed by atoms with Crippen LogP contribution >= 0.6 is 0 Å². The number of fused-ring (bicyclic) bond motifs is 1. The van der Waals surface area contributed by atoms with Gasteiger partial charge in [-0.1, -0.05) is 24.8 Å². The molecule has 16 heavy (non-hydrogen) atoms. The van der Waals surface area contributed by atoms with Crippen LogP contribution in [-0.2, 0) is 6.54 Å². The second-order valence-corrected chi connectivity index (χ2v) is 3.61. The molecule has 0 aliphatic heterocycles. The minimum Gasteiger partial charge on any atom is -0.478 e. The van der Waals surface area contributed by atoms with Gasteiger partial charge < -0.3 is 9.67 Å². The van der Waals surface area contributed by atoms with Crippen LogP contribution in [0.3, 0.4) is 0 Å². The summed E-state index contributed by atoms with van der Waals surface area (Å²) in [5.74, 6) is -0.886. The number of carbonyl (C=O) groups is 1. The average molecular weight is 215 g/mol. The Balaban J connectivity index is 2.79. The lowest BCUT2D eigenvalue weighted by Crippen LogP contribution is -1.94. The summed E-state index contributed by atoms with van der Waals surface area (Å²) in [7, 11) is 0. The van der Waals surface area contributed by atoms with E-state index in [1.165, 1.54) is 0 Å². The summed E-state index contributed by atoms with van der Waals surface area (Å²) < 4.78 is 1.94. The highest BCUT2D eigenvalue weighted by Gasteiger charge is 2.13. The molecule has 0 atom stereocenters. The lowest BCUT2D eigenvalue weighted by molar-refractivity contribution is 0.0699. The van der Waals surface area contributed by atoms with Crippen LogP contribution in [0.25, 0.3) is 17.0 Å². The molecule has 2 aromatic rings. The van der Waals surface area contributed by atoms with Crippen LogP contribution < -0.4 is 0 Å². The first-order chi connectivity index (χ1) is 7.67. The second kappa shape index (κ2) is 3.85. The Morgan fingerprint density at radius 3 is 2.88 bits per heavy atom. The summed E-state index contributed by atoms with van der Waals surface area (Å²) in [6.45, 7) is 6.46. The number of hydrogen-bond donors (Lipinski definition) is 1. The van der Waals surface area contributed by atoms with E-state index in [0.29, 0.717) is 5.56 Å². The summed E-state index contributed by atoms with van der Waals surface area (Å²) in [6.07, 6.45) is 3.44. The average Bonchev–Trinajstić information content (AvgIpc) is 2.66. The Labute approximate surface area is 93.6 Å². The number of hydrogen-bond acceptors (Lipinski definition) is 1. The van der Waals surface area contributed by atoms with Gasteiger partial charge in [0.25, 0.3) is 0 Å². The van der Waals surface area contributed by atoms with Gasteiger partial charge >= 0.3 is 5.97 Å². The third kappa shape index (κ3) is 1.50. The molecule has 3 heteroatoms. The fraction of sp³-hybridized carbons (Fsp3) is 0.154. The first-order valence-electron chi connectivity index (χ1n) is 5.16. The highest BCUT2D eigenvalue weighted by molar-refractivity contribution is 6.03. The molecule has 0 saturated heterocycles. The van der Waals surface area contributed by atoms with Crippen LogP contribution in [0, 0.1) is 0 Å². The van der Waals surface area contributed by atoms with Crippen LogP contribution in [0.15, 0.2) is 31.0 Å². The number of aromatic nitrogens is 1. The van der Waals surface area contributed by atoms with Crippen molar-refractivity contribution in [2.24, 2.45) is 0 Å². The molecule has 0 aliphatic carbocycles. The van der Waals surface area contributed by atoms with E-state index in [1.54, 1.807) is 12.3 Å². The number of nitrogens with zero attached hydrogens (tertiary/aromatic N) is 1. The minimum atomic E-state index is -0.886. The van der Waals surface area contributed by atoms with Crippen molar-refractivity contribution in [2.45, 2.75) is 13.5 Å². The zero-order valence-electron chi connectivity index (χ0n) is 9.10. The summed E-state index contributed by atoms with van der Waals surface area (Å²) in [5.41, 5.74) is 2.29. The quantitative estimate of drug-likeness (QED) is 0.855. The van der Waals surface area contributed by atoms with Gasteiger partial charge in [0.1, 0.15) is 0 Å². The van der Waals surface area contributed by atoms with E-state index >= 15 is 0 Å². The van der Waals surface area contributed by atoms with Gasteiger partial charge in [0, 0.05) is 23.6 Å². The summed E-state index contributed by atoms with van der Waals surface area (Å²) in [4.78, 5) is 11.1. The molecule has 0 saturated carbocycles. The van der Waals surface area contributed by atoms with Gasteiger partial charge in [0.15, 0.2) is 0 Å². The van der Waals surface area contributed by atoms with Gasteiger partial charge in [-0.05, 0) is 18.6 Å². The van der Waals surface area contributed by atoms with Gasteiger partial charge in [-0.3, -0.25) is 0 Å². The highest BCUT2D eigenvalue weighted by Crippen LogP contribution is 2.23. The maximum Gasteiger partial charge on any atom is 0.337 e. The number of aryl methyl sites for hydroxylation is 1. The van der Waals surface area contributed by atoms with E-state index in [2.05, 4.69) is 6.58 Å². The SMILES string of the molecule is C=Cc1ccc2c(C(=O)O)cn(CC)c2c1. The van der Waals surface area contributed by atoms with E-state index in [-0.39, 0.29) is 0 Å². The molecule has 0 bridgehead atoms. The van der Waals surface area contributed by atoms with Crippen molar-refractivity contribution in [1.29, 1.82) is 0 Å². The predicted octanol–water partition coefficient (Wildman–Crippen LogP) is 3.00. The molecular weight excluding hydrogens is 202 g/mol. The van der Waals surface area contributed by atoms with Gasteiger partial charge in [-0.15, -0.1) is 0 Å². The molecule has 0 amide bonds. The number of carboxylic acids is 1. The maximum absolute atomic E-state index is 11.1. The first kappa shape index (κ1) is 10.5. The largest absolute Gasteiger partial charge is 0.478 e. The third-order valence-electron chi connectivity index (χ3n) is 2.71. The normalized spacial score (nSPS) is 10.6. The van der Waals surface area contributed by atoms with E-state index in [1.807, 2.05) is 29.7 Å². The summed E-state index contributed by atoms with van der Waals surface area (Å²) in [6, 6.07) is 5.67. The standard InChI is InChI=1S/C13H13NO2/c1-3-9-5-6-10-11(13(15)16)8-14(4-2)12(10)7-9/h3,5-8H,1,4H2,2H3,(H,15,16). The van der Waals surface area contributed by atoms with Crippen LogP contribution in [-0.4, -0.2) is 15.6 Å². The Hall–Kier alpha value is -2.03. The Morgan fingerprint density at radius 1 is 1.56 bits per heavy atom. The fourth-order valence-corrected chi connectivity index (χ4v) is 1.87. The Bertz CT molecular complexity index is 567. The molecule has 0 unspecified atom stereocenters. The monoisotopic (exact) mass is 215 g/mol. The van der Waals surface area contributed by atoms with Crippen molar-refractivity contribution in [3.8, 4) is 0 Å². The molecule has 1 aromatic heterocycles. The minimum absolute atomic E-state index is 0.354. The lowest BCUT2D eigenvalue weighted by atomic mass is 10.1. The van der Waals surface area contributed by atoms with Crippen LogP contribution in [0.4, 0.5) is 0 Å². The molecule has 1 heterocycles. The van der Waals surface area contributed by atoms with E-state index in [4.69, 9.17) is 5.11 Å². The number of benzene rings is 1. The molecule has 2 rings (SSSR count). The van der Waals surface area contributed by atoms with Gasteiger partial charge in [0.05, 0.1) is 5.56 Å². The molecular formula is C13H13NO2. The molecule has 1 aromatic carbocycles. The molecule has 0 spiro atoms. The molecule has 0 fully saturated rings. The topological polar surface area (TPSA) is 42.2 Å². The Kier molecular flexibility index (Phi) is 2.52. The lowest BCUT2D eigenvalue weighted by Gasteiger charge is -2.00. The number of rotatable bonds is 3. The molecule has 1 N–H and O–H groups in total. The fourth-order valence-electron chi connectivity index (χ4n) is 1.87. The van der Waals surface area contributed by atoms with Crippen molar-refractivity contribution in [2.75, 3.05) is 0 Å². The van der Waals surface area contributed by atoms with Gasteiger partial charge in [-0.25, -0.2) is 4.79 Å². The van der Waals surface area contributed by atoms with Crippen molar-refractivity contribution < 1.29 is 9.90 Å². The van der Waals surface area contributed by atoms with Crippen LogP contribution in [0.5, 0.6) is 0 Å². The van der Waals surface area contributed by atoms with Crippen molar-refractivity contribution in [1.82, 2.24) is 4.57 Å².